The molecule has 0 bridgehead atoms. The first-order valence-corrected chi connectivity index (χ1v) is 8.82. The maximum atomic E-state index is 12.7. The summed E-state index contributed by atoms with van der Waals surface area (Å²) in [6.45, 7) is 1.91. The van der Waals surface area contributed by atoms with Crippen molar-refractivity contribution in [3.8, 4) is 0 Å². The van der Waals surface area contributed by atoms with Crippen LogP contribution in [0.4, 0.5) is 5.69 Å². The molecule has 0 saturated heterocycles. The molecule has 1 aromatic carbocycles. The van der Waals surface area contributed by atoms with Crippen molar-refractivity contribution in [2.45, 2.75) is 11.8 Å². The first kappa shape index (κ1) is 14.7. The minimum Gasteiger partial charge on any atom is -0.345 e. The molecule has 8 heteroatoms. The summed E-state index contributed by atoms with van der Waals surface area (Å²) in [5.74, 6) is 0.868. The number of anilines is 1. The SMILES string of the molecule is Cc1nc2cc(NS(=O)(=O)c3c[nH]c4ncccc34)ccc2n1C. The summed E-state index contributed by atoms with van der Waals surface area (Å²) in [4.78, 5) is 11.6. The fraction of sp³-hybridized carbons (Fsp3) is 0.125. The monoisotopic (exact) mass is 341 g/mol. The van der Waals surface area contributed by atoms with Gasteiger partial charge in [0.05, 0.1) is 16.7 Å². The molecule has 4 rings (SSSR count). The largest absolute Gasteiger partial charge is 0.345 e. The third-order valence-electron chi connectivity index (χ3n) is 4.06. The number of pyridine rings is 1. The van der Waals surface area contributed by atoms with Crippen molar-refractivity contribution >= 4 is 37.8 Å². The highest BCUT2D eigenvalue weighted by atomic mass is 32.2. The van der Waals surface area contributed by atoms with E-state index >= 15 is 0 Å². The number of benzene rings is 1. The molecule has 0 spiro atoms. The van der Waals surface area contributed by atoms with Gasteiger partial charge in [-0.1, -0.05) is 0 Å². The highest BCUT2D eigenvalue weighted by molar-refractivity contribution is 7.93. The maximum absolute atomic E-state index is 12.7. The van der Waals surface area contributed by atoms with Gasteiger partial charge in [0.15, 0.2) is 0 Å². The van der Waals surface area contributed by atoms with Crippen LogP contribution in [-0.2, 0) is 17.1 Å². The molecule has 3 heterocycles. The molecule has 0 aliphatic rings. The average Bonchev–Trinajstić information content (AvgIpc) is 3.09. The molecule has 0 fully saturated rings. The van der Waals surface area contributed by atoms with Gasteiger partial charge < -0.3 is 9.55 Å². The average molecular weight is 341 g/mol. The molecule has 122 valence electrons. The summed E-state index contributed by atoms with van der Waals surface area (Å²) >= 11 is 0. The molecular weight excluding hydrogens is 326 g/mol. The van der Waals surface area contributed by atoms with Crippen molar-refractivity contribution in [2.75, 3.05) is 4.72 Å². The van der Waals surface area contributed by atoms with Crippen LogP contribution in [0.2, 0.25) is 0 Å². The van der Waals surface area contributed by atoms with Crippen LogP contribution in [-0.4, -0.2) is 27.9 Å². The second kappa shape index (κ2) is 5.07. The fourth-order valence-electron chi connectivity index (χ4n) is 2.75. The van der Waals surface area contributed by atoms with Crippen LogP contribution in [0.15, 0.2) is 47.6 Å². The molecule has 0 saturated carbocycles. The van der Waals surface area contributed by atoms with Crippen molar-refractivity contribution in [1.29, 1.82) is 0 Å². The number of nitrogens with zero attached hydrogens (tertiary/aromatic N) is 3. The van der Waals surface area contributed by atoms with Crippen LogP contribution in [0, 0.1) is 6.92 Å². The summed E-state index contributed by atoms with van der Waals surface area (Å²) in [5, 5.41) is 0.555. The van der Waals surface area contributed by atoms with Crippen LogP contribution < -0.4 is 4.72 Å². The minimum atomic E-state index is -3.72. The van der Waals surface area contributed by atoms with E-state index in [0.29, 0.717) is 16.7 Å². The molecule has 3 aromatic heterocycles. The van der Waals surface area contributed by atoms with Gasteiger partial charge in [-0.2, -0.15) is 0 Å². The zero-order valence-corrected chi connectivity index (χ0v) is 13.9. The van der Waals surface area contributed by atoms with Crippen LogP contribution in [0.5, 0.6) is 0 Å². The van der Waals surface area contributed by atoms with E-state index in [1.54, 1.807) is 30.5 Å². The normalized spacial score (nSPS) is 12.1. The van der Waals surface area contributed by atoms with E-state index in [-0.39, 0.29) is 4.90 Å². The summed E-state index contributed by atoms with van der Waals surface area (Å²) in [6, 6.07) is 8.74. The number of aryl methyl sites for hydroxylation is 2. The number of hydrogen-bond acceptors (Lipinski definition) is 4. The van der Waals surface area contributed by atoms with E-state index < -0.39 is 10.0 Å². The number of hydrogen-bond donors (Lipinski definition) is 2. The Labute approximate surface area is 138 Å². The van der Waals surface area contributed by atoms with Gasteiger partial charge in [-0.3, -0.25) is 4.72 Å². The summed E-state index contributed by atoms with van der Waals surface area (Å²) < 4.78 is 30.0. The molecule has 0 aliphatic heterocycles. The predicted molar refractivity (Wildman–Crippen MR) is 92.4 cm³/mol. The van der Waals surface area contributed by atoms with Gasteiger partial charge in [-0.15, -0.1) is 0 Å². The van der Waals surface area contributed by atoms with Crippen molar-refractivity contribution in [1.82, 2.24) is 19.5 Å². The quantitative estimate of drug-likeness (QED) is 0.599. The third-order valence-corrected chi connectivity index (χ3v) is 5.48. The summed E-state index contributed by atoms with van der Waals surface area (Å²) in [6.07, 6.45) is 3.06. The highest BCUT2D eigenvalue weighted by Crippen LogP contribution is 2.25. The summed E-state index contributed by atoms with van der Waals surface area (Å²) in [5.41, 5.74) is 2.70. The smallest absolute Gasteiger partial charge is 0.264 e. The molecule has 4 aromatic rings. The van der Waals surface area contributed by atoms with Gasteiger partial charge in [0.2, 0.25) is 0 Å². The second-order valence-electron chi connectivity index (χ2n) is 5.58. The molecule has 7 nitrogen and oxygen atoms in total. The van der Waals surface area contributed by atoms with Gasteiger partial charge in [0.1, 0.15) is 16.4 Å². The van der Waals surface area contributed by atoms with Crippen molar-refractivity contribution < 1.29 is 8.42 Å². The van der Waals surface area contributed by atoms with Gasteiger partial charge in [-0.05, 0) is 37.3 Å². The minimum absolute atomic E-state index is 0.169. The van der Waals surface area contributed by atoms with Crippen LogP contribution >= 0.6 is 0 Å². The number of fused-ring (bicyclic) bond motifs is 2. The lowest BCUT2D eigenvalue weighted by Crippen LogP contribution is -2.12. The molecular formula is C16H15N5O2S. The molecule has 0 amide bonds. The number of rotatable bonds is 3. The summed E-state index contributed by atoms with van der Waals surface area (Å²) in [7, 11) is -1.80. The van der Waals surface area contributed by atoms with Gasteiger partial charge >= 0.3 is 0 Å². The first-order valence-electron chi connectivity index (χ1n) is 7.34. The zero-order chi connectivity index (χ0) is 16.9. The van der Waals surface area contributed by atoms with E-state index in [1.807, 2.05) is 24.6 Å². The number of sulfonamides is 1. The molecule has 24 heavy (non-hydrogen) atoms. The lowest BCUT2D eigenvalue weighted by molar-refractivity contribution is 0.602. The number of aromatic nitrogens is 4. The Morgan fingerprint density at radius 1 is 1.25 bits per heavy atom. The van der Waals surface area contributed by atoms with Crippen LogP contribution in [0.25, 0.3) is 22.1 Å². The second-order valence-corrected chi connectivity index (χ2v) is 7.23. The van der Waals surface area contributed by atoms with Gasteiger partial charge in [-0.25, -0.2) is 18.4 Å². The molecule has 0 radical (unpaired) electrons. The van der Waals surface area contributed by atoms with E-state index in [2.05, 4.69) is 19.7 Å². The Morgan fingerprint density at radius 3 is 2.92 bits per heavy atom. The van der Waals surface area contributed by atoms with E-state index in [4.69, 9.17) is 0 Å². The molecule has 0 unspecified atom stereocenters. The molecule has 0 aliphatic carbocycles. The predicted octanol–water partition coefficient (Wildman–Crippen LogP) is 2.56. The third kappa shape index (κ3) is 2.23. The lowest BCUT2D eigenvalue weighted by atomic mass is 10.3. The Hall–Kier alpha value is -2.87. The lowest BCUT2D eigenvalue weighted by Gasteiger charge is -2.07. The Morgan fingerprint density at radius 2 is 2.08 bits per heavy atom. The number of imidazole rings is 1. The van der Waals surface area contributed by atoms with E-state index in [1.165, 1.54) is 6.20 Å². The number of aromatic amines is 1. The van der Waals surface area contributed by atoms with Gasteiger partial charge in [0, 0.05) is 24.8 Å². The Bertz CT molecular complexity index is 1170. The number of H-pyrrole nitrogens is 1. The molecule has 2 N–H and O–H groups in total. The number of nitrogens with one attached hydrogen (secondary N) is 2. The zero-order valence-electron chi connectivity index (χ0n) is 13.1. The Kier molecular flexibility index (Phi) is 3.10. The standard InChI is InChI=1S/C16H15N5O2S/c1-10-19-13-8-11(5-6-14(13)21(10)2)20-24(22,23)15-9-18-16-12(15)4-3-7-17-16/h3-9,20H,1-2H3,(H,17,18). The van der Waals surface area contributed by atoms with Crippen LogP contribution in [0.3, 0.4) is 0 Å². The topological polar surface area (TPSA) is 92.7 Å². The first-order chi connectivity index (χ1) is 11.5. The van der Waals surface area contributed by atoms with Crippen molar-refractivity contribution in [3.05, 3.63) is 48.5 Å². The van der Waals surface area contributed by atoms with E-state index in [9.17, 15) is 8.42 Å². The van der Waals surface area contributed by atoms with E-state index in [0.717, 1.165) is 16.9 Å². The van der Waals surface area contributed by atoms with Crippen molar-refractivity contribution in [2.24, 2.45) is 7.05 Å². The Balaban J connectivity index is 1.76. The van der Waals surface area contributed by atoms with Crippen molar-refractivity contribution in [3.63, 3.8) is 0 Å². The van der Waals surface area contributed by atoms with Gasteiger partial charge in [0.25, 0.3) is 10.0 Å². The highest BCUT2D eigenvalue weighted by Gasteiger charge is 2.20. The fourth-order valence-corrected chi connectivity index (χ4v) is 3.96. The molecule has 0 atom stereocenters. The van der Waals surface area contributed by atoms with Crippen LogP contribution in [0.1, 0.15) is 5.82 Å². The maximum Gasteiger partial charge on any atom is 0.264 e.